The fourth-order valence-electron chi connectivity index (χ4n) is 2.78. The Balaban J connectivity index is 2.42. The number of benzene rings is 2. The Bertz CT molecular complexity index is 1010. The van der Waals surface area contributed by atoms with Crippen molar-refractivity contribution in [2.45, 2.75) is 6.92 Å². The average Bonchev–Trinajstić information content (AvgIpc) is 2.63. The van der Waals surface area contributed by atoms with Gasteiger partial charge in [-0.15, -0.1) is 0 Å². The highest BCUT2D eigenvalue weighted by Gasteiger charge is 2.24. The molecular formula is C19H14Cl2F2N2O2. The van der Waals surface area contributed by atoms with Gasteiger partial charge >= 0.3 is 0 Å². The third-order valence-corrected chi connectivity index (χ3v) is 4.56. The summed E-state index contributed by atoms with van der Waals surface area (Å²) >= 11 is 12.5. The van der Waals surface area contributed by atoms with Gasteiger partial charge in [0.1, 0.15) is 23.1 Å². The van der Waals surface area contributed by atoms with Crippen molar-refractivity contribution in [3.63, 3.8) is 0 Å². The van der Waals surface area contributed by atoms with E-state index in [0.29, 0.717) is 22.8 Å². The summed E-state index contributed by atoms with van der Waals surface area (Å²) in [7, 11) is 2.92. The summed E-state index contributed by atoms with van der Waals surface area (Å²) in [6, 6.07) is 6.77. The first-order valence-corrected chi connectivity index (χ1v) is 8.53. The molecule has 0 bridgehead atoms. The van der Waals surface area contributed by atoms with E-state index in [4.69, 9.17) is 32.7 Å². The first kappa shape index (κ1) is 19.3. The largest absolute Gasteiger partial charge is 0.497 e. The Morgan fingerprint density at radius 2 is 1.59 bits per heavy atom. The van der Waals surface area contributed by atoms with Crippen LogP contribution in [-0.2, 0) is 0 Å². The van der Waals surface area contributed by atoms with Crippen molar-refractivity contribution < 1.29 is 18.3 Å². The molecule has 0 unspecified atom stereocenters. The summed E-state index contributed by atoms with van der Waals surface area (Å²) in [5, 5.41) is 0.117. The minimum atomic E-state index is -0.753. The molecule has 2 aromatic carbocycles. The maximum atomic E-state index is 14.5. The zero-order valence-corrected chi connectivity index (χ0v) is 16.1. The van der Waals surface area contributed by atoms with E-state index in [2.05, 4.69) is 9.97 Å². The molecule has 0 saturated carbocycles. The molecule has 3 aromatic rings. The first-order chi connectivity index (χ1) is 12.9. The number of nitrogens with zero attached hydrogens (tertiary/aromatic N) is 2. The van der Waals surface area contributed by atoms with Gasteiger partial charge < -0.3 is 9.47 Å². The van der Waals surface area contributed by atoms with Crippen LogP contribution in [0.25, 0.3) is 22.4 Å². The molecule has 3 rings (SSSR count). The Labute approximate surface area is 164 Å². The lowest BCUT2D eigenvalue weighted by Gasteiger charge is -2.16. The molecule has 0 N–H and O–H groups in total. The number of methoxy groups -OCH3 is 2. The van der Waals surface area contributed by atoms with Crippen molar-refractivity contribution in [2.75, 3.05) is 14.2 Å². The van der Waals surface area contributed by atoms with Gasteiger partial charge in [0.25, 0.3) is 0 Å². The van der Waals surface area contributed by atoms with Crippen LogP contribution in [0.4, 0.5) is 8.78 Å². The normalized spacial score (nSPS) is 10.8. The molecule has 0 amide bonds. The van der Waals surface area contributed by atoms with Crippen molar-refractivity contribution in [1.82, 2.24) is 9.97 Å². The van der Waals surface area contributed by atoms with E-state index in [0.717, 1.165) is 12.1 Å². The van der Waals surface area contributed by atoms with Crippen molar-refractivity contribution in [3.05, 3.63) is 58.0 Å². The topological polar surface area (TPSA) is 44.2 Å². The smallest absolute Gasteiger partial charge is 0.223 e. The zero-order valence-electron chi connectivity index (χ0n) is 14.6. The summed E-state index contributed by atoms with van der Waals surface area (Å²) in [6.45, 7) is 1.59. The SMILES string of the molecule is COc1cc(OC)c(Cl)c(-c2nc(Cl)nc(C)c2-c2c(F)cccc2F)c1. The van der Waals surface area contributed by atoms with Gasteiger partial charge in [0.05, 0.1) is 36.2 Å². The molecule has 0 saturated heterocycles. The molecule has 1 heterocycles. The van der Waals surface area contributed by atoms with Crippen LogP contribution in [0.1, 0.15) is 5.69 Å². The number of ether oxygens (including phenoxy) is 2. The van der Waals surface area contributed by atoms with E-state index in [1.54, 1.807) is 19.1 Å². The Hall–Kier alpha value is -2.44. The highest BCUT2D eigenvalue weighted by atomic mass is 35.5. The predicted molar refractivity (Wildman–Crippen MR) is 101 cm³/mol. The van der Waals surface area contributed by atoms with Crippen LogP contribution >= 0.6 is 23.2 Å². The van der Waals surface area contributed by atoms with Crippen molar-refractivity contribution >= 4 is 23.2 Å². The molecule has 4 nitrogen and oxygen atoms in total. The molecule has 0 atom stereocenters. The summed E-state index contributed by atoms with van der Waals surface area (Å²) < 4.78 is 39.5. The number of hydrogen-bond acceptors (Lipinski definition) is 4. The minimum absolute atomic E-state index is 0.0825. The molecule has 0 aliphatic rings. The minimum Gasteiger partial charge on any atom is -0.497 e. The average molecular weight is 411 g/mol. The van der Waals surface area contributed by atoms with Gasteiger partial charge in [0.2, 0.25) is 5.28 Å². The second-order valence-corrected chi connectivity index (χ2v) is 6.31. The Morgan fingerprint density at radius 3 is 2.19 bits per heavy atom. The van der Waals surface area contributed by atoms with Gasteiger partial charge in [-0.05, 0) is 36.7 Å². The van der Waals surface area contributed by atoms with Crippen molar-refractivity contribution in [3.8, 4) is 33.9 Å². The number of hydrogen-bond donors (Lipinski definition) is 0. The number of rotatable bonds is 4. The standard InChI is InChI=1S/C19H14Cl2F2N2O2/c1-9-15(16-12(22)5-4-6-13(16)23)18(25-19(21)24-9)11-7-10(26-2)8-14(27-3)17(11)20/h4-8H,1-3H3. The van der Waals surface area contributed by atoms with Crippen LogP contribution in [-0.4, -0.2) is 24.2 Å². The third kappa shape index (κ3) is 3.55. The molecule has 27 heavy (non-hydrogen) atoms. The lowest BCUT2D eigenvalue weighted by atomic mass is 9.96. The van der Waals surface area contributed by atoms with Crippen LogP contribution in [0.15, 0.2) is 30.3 Å². The first-order valence-electron chi connectivity index (χ1n) is 7.77. The molecule has 8 heteroatoms. The lowest BCUT2D eigenvalue weighted by Crippen LogP contribution is -2.02. The quantitative estimate of drug-likeness (QED) is 0.515. The molecule has 0 radical (unpaired) electrons. The van der Waals surface area contributed by atoms with E-state index < -0.39 is 11.6 Å². The fraction of sp³-hybridized carbons (Fsp3) is 0.158. The second-order valence-electron chi connectivity index (χ2n) is 5.59. The van der Waals surface area contributed by atoms with Crippen LogP contribution in [0, 0.1) is 18.6 Å². The van der Waals surface area contributed by atoms with Gasteiger partial charge in [0, 0.05) is 17.2 Å². The Morgan fingerprint density at radius 1 is 0.926 bits per heavy atom. The van der Waals surface area contributed by atoms with Crippen LogP contribution < -0.4 is 9.47 Å². The maximum Gasteiger partial charge on any atom is 0.223 e. The van der Waals surface area contributed by atoms with Crippen LogP contribution in [0.2, 0.25) is 10.3 Å². The predicted octanol–water partition coefficient (Wildman–Crippen LogP) is 5.72. The molecule has 0 spiro atoms. The second kappa shape index (κ2) is 7.66. The molecule has 0 fully saturated rings. The van der Waals surface area contributed by atoms with E-state index in [1.807, 2.05) is 0 Å². The molecule has 140 valence electrons. The molecule has 0 aliphatic carbocycles. The molecule has 1 aromatic heterocycles. The van der Waals surface area contributed by atoms with Gasteiger partial charge in [-0.25, -0.2) is 18.7 Å². The third-order valence-electron chi connectivity index (χ3n) is 4.00. The van der Waals surface area contributed by atoms with Gasteiger partial charge in [-0.3, -0.25) is 0 Å². The Kier molecular flexibility index (Phi) is 5.48. The number of halogens is 4. The lowest BCUT2D eigenvalue weighted by molar-refractivity contribution is 0.395. The van der Waals surface area contributed by atoms with E-state index >= 15 is 0 Å². The highest BCUT2D eigenvalue weighted by Crippen LogP contribution is 2.43. The fourth-order valence-corrected chi connectivity index (χ4v) is 3.27. The van der Waals surface area contributed by atoms with Crippen LogP contribution in [0.3, 0.4) is 0 Å². The van der Waals surface area contributed by atoms with E-state index in [1.165, 1.54) is 20.3 Å². The van der Waals surface area contributed by atoms with E-state index in [9.17, 15) is 8.78 Å². The highest BCUT2D eigenvalue weighted by molar-refractivity contribution is 6.35. The monoisotopic (exact) mass is 410 g/mol. The number of aryl methyl sites for hydroxylation is 1. The van der Waals surface area contributed by atoms with Crippen LogP contribution in [0.5, 0.6) is 11.5 Å². The van der Waals surface area contributed by atoms with Crippen molar-refractivity contribution in [2.24, 2.45) is 0 Å². The molecule has 0 aliphatic heterocycles. The summed E-state index contributed by atoms with van der Waals surface area (Å²) in [4.78, 5) is 8.25. The number of aromatic nitrogens is 2. The summed E-state index contributed by atoms with van der Waals surface area (Å²) in [6.07, 6.45) is 0. The van der Waals surface area contributed by atoms with Crippen molar-refractivity contribution in [1.29, 1.82) is 0 Å². The van der Waals surface area contributed by atoms with Gasteiger partial charge in [-0.2, -0.15) is 0 Å². The summed E-state index contributed by atoms with van der Waals surface area (Å²) in [5.74, 6) is -0.760. The maximum absolute atomic E-state index is 14.5. The zero-order chi connectivity index (χ0) is 19.7. The van der Waals surface area contributed by atoms with E-state index in [-0.39, 0.29) is 27.1 Å². The molecular weight excluding hydrogens is 397 g/mol. The summed E-state index contributed by atoms with van der Waals surface area (Å²) in [5.41, 5.74) is 0.690. The van der Waals surface area contributed by atoms with Gasteiger partial charge in [0.15, 0.2) is 0 Å². The van der Waals surface area contributed by atoms with Gasteiger partial charge in [-0.1, -0.05) is 17.7 Å².